The van der Waals surface area contributed by atoms with Crippen LogP contribution in [0.3, 0.4) is 0 Å². The van der Waals surface area contributed by atoms with Gasteiger partial charge in [-0.05, 0) is 62.2 Å². The third-order valence-corrected chi connectivity index (χ3v) is 6.70. The van der Waals surface area contributed by atoms with Crippen LogP contribution < -0.4 is 10.6 Å². The van der Waals surface area contributed by atoms with Crippen molar-refractivity contribution in [2.75, 3.05) is 23.7 Å². The molecule has 0 saturated carbocycles. The first-order valence-electron chi connectivity index (χ1n) is 9.42. The van der Waals surface area contributed by atoms with E-state index in [0.717, 1.165) is 25.0 Å². The first-order valence-corrected chi connectivity index (χ1v) is 10.9. The maximum Gasteiger partial charge on any atom is 0.416 e. The quantitative estimate of drug-likeness (QED) is 0.712. The Morgan fingerprint density at radius 3 is 2.27 bits per heavy atom. The lowest BCUT2D eigenvalue weighted by Crippen LogP contribution is -2.32. The SMILES string of the molecule is C[C@H](Nc1cccc(C(F)(F)F)c1)C(=O)Nc1ccc(S(=O)(=O)N2CCCC2)cc1. The van der Waals surface area contributed by atoms with Gasteiger partial charge in [0.1, 0.15) is 6.04 Å². The largest absolute Gasteiger partial charge is 0.416 e. The van der Waals surface area contributed by atoms with Crippen LogP contribution in [0.2, 0.25) is 0 Å². The van der Waals surface area contributed by atoms with Crippen molar-refractivity contribution in [2.45, 2.75) is 36.9 Å². The van der Waals surface area contributed by atoms with Gasteiger partial charge in [0.15, 0.2) is 0 Å². The Morgan fingerprint density at radius 2 is 1.67 bits per heavy atom. The highest BCUT2D eigenvalue weighted by Gasteiger charge is 2.30. The van der Waals surface area contributed by atoms with Crippen molar-refractivity contribution in [2.24, 2.45) is 0 Å². The highest BCUT2D eigenvalue weighted by Crippen LogP contribution is 2.30. The average molecular weight is 441 g/mol. The van der Waals surface area contributed by atoms with Gasteiger partial charge in [0, 0.05) is 24.5 Å². The van der Waals surface area contributed by atoms with E-state index in [1.54, 1.807) is 0 Å². The number of nitrogens with one attached hydrogen (secondary N) is 2. The number of sulfonamides is 1. The van der Waals surface area contributed by atoms with Crippen LogP contribution >= 0.6 is 0 Å². The van der Waals surface area contributed by atoms with Crippen LogP contribution in [0.5, 0.6) is 0 Å². The fourth-order valence-electron chi connectivity index (χ4n) is 3.14. The van der Waals surface area contributed by atoms with Gasteiger partial charge < -0.3 is 10.6 Å². The lowest BCUT2D eigenvalue weighted by molar-refractivity contribution is -0.137. The zero-order valence-electron chi connectivity index (χ0n) is 16.2. The summed E-state index contributed by atoms with van der Waals surface area (Å²) < 4.78 is 64.9. The number of amides is 1. The Bertz CT molecular complexity index is 1000. The summed E-state index contributed by atoms with van der Waals surface area (Å²) in [6.07, 6.45) is -2.80. The molecular formula is C20H22F3N3O3S. The first kappa shape index (κ1) is 22.1. The molecule has 1 atom stereocenters. The zero-order valence-corrected chi connectivity index (χ0v) is 17.1. The molecule has 1 saturated heterocycles. The molecule has 0 aromatic heterocycles. The van der Waals surface area contributed by atoms with Gasteiger partial charge in [-0.3, -0.25) is 4.79 Å². The summed E-state index contributed by atoms with van der Waals surface area (Å²) in [6.45, 7) is 2.51. The van der Waals surface area contributed by atoms with Crippen molar-refractivity contribution >= 4 is 27.3 Å². The standard InChI is InChI=1S/C20H22F3N3O3S/c1-14(24-17-6-4-5-15(13-17)20(21,22)23)19(27)25-16-7-9-18(10-8-16)30(28,29)26-11-2-3-12-26/h4-10,13-14,24H,2-3,11-12H2,1H3,(H,25,27)/t14-/m0/s1. The molecule has 2 aromatic carbocycles. The molecule has 6 nitrogen and oxygen atoms in total. The molecule has 0 spiro atoms. The van der Waals surface area contributed by atoms with Crippen molar-refractivity contribution in [1.29, 1.82) is 0 Å². The van der Waals surface area contributed by atoms with E-state index in [-0.39, 0.29) is 10.6 Å². The van der Waals surface area contributed by atoms with E-state index in [0.29, 0.717) is 18.8 Å². The van der Waals surface area contributed by atoms with E-state index in [4.69, 9.17) is 0 Å². The molecule has 2 N–H and O–H groups in total. The van der Waals surface area contributed by atoms with E-state index in [9.17, 15) is 26.4 Å². The summed E-state index contributed by atoms with van der Waals surface area (Å²) >= 11 is 0. The van der Waals surface area contributed by atoms with Crippen LogP contribution in [0.1, 0.15) is 25.3 Å². The molecule has 2 aromatic rings. The molecule has 0 aliphatic carbocycles. The van der Waals surface area contributed by atoms with E-state index in [1.165, 1.54) is 47.6 Å². The molecule has 0 radical (unpaired) electrons. The molecule has 3 rings (SSSR count). The Morgan fingerprint density at radius 1 is 1.03 bits per heavy atom. The molecule has 0 unspecified atom stereocenters. The number of benzene rings is 2. The number of anilines is 2. The predicted molar refractivity (Wildman–Crippen MR) is 108 cm³/mol. The lowest BCUT2D eigenvalue weighted by atomic mass is 10.1. The summed E-state index contributed by atoms with van der Waals surface area (Å²) in [7, 11) is -3.54. The minimum Gasteiger partial charge on any atom is -0.374 e. The second kappa shape index (κ2) is 8.65. The van der Waals surface area contributed by atoms with Gasteiger partial charge in [0.25, 0.3) is 0 Å². The highest BCUT2D eigenvalue weighted by molar-refractivity contribution is 7.89. The number of rotatable bonds is 6. The molecule has 1 fully saturated rings. The Balaban J connectivity index is 1.63. The normalized spacial score (nSPS) is 16.3. The molecule has 1 aliphatic rings. The third-order valence-electron chi connectivity index (χ3n) is 4.79. The third kappa shape index (κ3) is 5.11. The highest BCUT2D eigenvalue weighted by atomic mass is 32.2. The smallest absolute Gasteiger partial charge is 0.374 e. The van der Waals surface area contributed by atoms with Gasteiger partial charge in [0.2, 0.25) is 15.9 Å². The first-order chi connectivity index (χ1) is 14.1. The van der Waals surface area contributed by atoms with Gasteiger partial charge >= 0.3 is 6.18 Å². The topological polar surface area (TPSA) is 78.5 Å². The summed E-state index contributed by atoms with van der Waals surface area (Å²) in [5.41, 5.74) is -0.257. The second-order valence-electron chi connectivity index (χ2n) is 7.07. The number of nitrogens with zero attached hydrogens (tertiary/aromatic N) is 1. The van der Waals surface area contributed by atoms with E-state index in [1.807, 2.05) is 0 Å². The van der Waals surface area contributed by atoms with Crippen molar-refractivity contribution in [3.05, 3.63) is 54.1 Å². The summed E-state index contributed by atoms with van der Waals surface area (Å²) in [5.74, 6) is -0.470. The fourth-order valence-corrected chi connectivity index (χ4v) is 4.66. The minimum atomic E-state index is -4.47. The summed E-state index contributed by atoms with van der Waals surface area (Å²) in [6, 6.07) is 9.58. The van der Waals surface area contributed by atoms with Gasteiger partial charge in [-0.1, -0.05) is 6.07 Å². The molecule has 10 heteroatoms. The van der Waals surface area contributed by atoms with Crippen molar-refractivity contribution in [1.82, 2.24) is 4.31 Å². The maximum atomic E-state index is 12.8. The van der Waals surface area contributed by atoms with Crippen LogP contribution in [0, 0.1) is 0 Å². The number of hydrogen-bond acceptors (Lipinski definition) is 4. The maximum absolute atomic E-state index is 12.8. The number of hydrogen-bond donors (Lipinski definition) is 2. The number of halogens is 3. The predicted octanol–water partition coefficient (Wildman–Crippen LogP) is 3.93. The summed E-state index contributed by atoms with van der Waals surface area (Å²) in [5, 5.41) is 5.36. The van der Waals surface area contributed by atoms with E-state index in [2.05, 4.69) is 10.6 Å². The van der Waals surface area contributed by atoms with E-state index < -0.39 is 33.7 Å². The molecular weight excluding hydrogens is 419 g/mol. The molecule has 30 heavy (non-hydrogen) atoms. The molecule has 1 amide bonds. The molecule has 1 aliphatic heterocycles. The Kier molecular flexibility index (Phi) is 6.37. The monoisotopic (exact) mass is 441 g/mol. The molecule has 162 valence electrons. The minimum absolute atomic E-state index is 0.150. The molecule has 0 bridgehead atoms. The lowest BCUT2D eigenvalue weighted by Gasteiger charge is -2.17. The van der Waals surface area contributed by atoms with Crippen molar-refractivity contribution in [3.8, 4) is 0 Å². The van der Waals surface area contributed by atoms with Crippen molar-refractivity contribution < 1.29 is 26.4 Å². The van der Waals surface area contributed by atoms with Crippen LogP contribution in [0.4, 0.5) is 24.5 Å². The van der Waals surface area contributed by atoms with Crippen LogP contribution in [-0.4, -0.2) is 37.8 Å². The van der Waals surface area contributed by atoms with Gasteiger partial charge in [-0.15, -0.1) is 0 Å². The van der Waals surface area contributed by atoms with E-state index >= 15 is 0 Å². The van der Waals surface area contributed by atoms with Crippen LogP contribution in [-0.2, 0) is 21.0 Å². The zero-order chi connectivity index (χ0) is 21.9. The second-order valence-corrected chi connectivity index (χ2v) is 9.01. The number of carbonyl (C=O) groups excluding carboxylic acids is 1. The van der Waals surface area contributed by atoms with Crippen LogP contribution in [0.25, 0.3) is 0 Å². The summed E-state index contributed by atoms with van der Waals surface area (Å²) in [4.78, 5) is 12.5. The molecule has 1 heterocycles. The van der Waals surface area contributed by atoms with Gasteiger partial charge in [-0.25, -0.2) is 8.42 Å². The number of carbonyl (C=O) groups is 1. The van der Waals surface area contributed by atoms with Crippen LogP contribution in [0.15, 0.2) is 53.4 Å². The van der Waals surface area contributed by atoms with Crippen molar-refractivity contribution in [3.63, 3.8) is 0 Å². The van der Waals surface area contributed by atoms with Gasteiger partial charge in [0.05, 0.1) is 10.5 Å². The number of alkyl halides is 3. The fraction of sp³-hybridized carbons (Fsp3) is 0.350. The average Bonchev–Trinajstić information content (AvgIpc) is 3.23. The Labute approximate surface area is 173 Å². The Hall–Kier alpha value is -2.59. The van der Waals surface area contributed by atoms with Gasteiger partial charge in [-0.2, -0.15) is 17.5 Å².